The smallest absolute Gasteiger partial charge is 0.272 e. The molecule has 1 aromatic heterocycles. The summed E-state index contributed by atoms with van der Waals surface area (Å²) in [4.78, 5) is 15.7. The number of benzene rings is 2. The zero-order valence-electron chi connectivity index (χ0n) is 13.6. The normalized spacial score (nSPS) is 14.5. The van der Waals surface area contributed by atoms with Gasteiger partial charge in [0, 0.05) is 27.1 Å². The fraction of sp³-hybridized carbons (Fsp3) is 0.167. The minimum atomic E-state index is -3.56. The number of aromatic nitrogens is 1. The average molecular weight is 434 g/mol. The van der Waals surface area contributed by atoms with E-state index in [2.05, 4.69) is 31.0 Å². The maximum absolute atomic E-state index is 12.5. The van der Waals surface area contributed by atoms with Gasteiger partial charge in [-0.2, -0.15) is 0 Å². The lowest BCUT2D eigenvalue weighted by atomic mass is 10.2. The van der Waals surface area contributed by atoms with Crippen molar-refractivity contribution >= 4 is 48.5 Å². The number of aromatic amines is 1. The number of carbonyl (C=O) groups excluding carboxylic acids is 1. The van der Waals surface area contributed by atoms with E-state index in [-0.39, 0.29) is 16.8 Å². The molecule has 1 fully saturated rings. The van der Waals surface area contributed by atoms with Crippen molar-refractivity contribution in [2.45, 2.75) is 23.8 Å². The van der Waals surface area contributed by atoms with Crippen LogP contribution in [0.2, 0.25) is 0 Å². The summed E-state index contributed by atoms with van der Waals surface area (Å²) in [5.74, 6) is -0.331. The number of hydrogen-bond donors (Lipinski definition) is 3. The monoisotopic (exact) mass is 433 g/mol. The molecule has 0 bridgehead atoms. The van der Waals surface area contributed by atoms with Gasteiger partial charge in [0.2, 0.25) is 10.0 Å². The average Bonchev–Trinajstić information content (AvgIpc) is 3.29. The number of rotatable bonds is 5. The highest BCUT2D eigenvalue weighted by Crippen LogP contribution is 2.24. The molecule has 0 radical (unpaired) electrons. The van der Waals surface area contributed by atoms with Crippen LogP contribution in [0.3, 0.4) is 0 Å². The Labute approximate surface area is 159 Å². The highest BCUT2D eigenvalue weighted by Gasteiger charge is 2.28. The molecule has 134 valence electrons. The number of anilines is 1. The SMILES string of the molecule is O=C(Nc1cccc(S(=O)(=O)NC2CC2)c1)c1cc2cc(Br)ccc2[nH]1. The van der Waals surface area contributed by atoms with Crippen LogP contribution in [-0.2, 0) is 10.0 Å². The highest BCUT2D eigenvalue weighted by molar-refractivity contribution is 9.10. The quantitative estimate of drug-likeness (QED) is 0.573. The molecular formula is C18H16BrN3O3S. The van der Waals surface area contributed by atoms with Gasteiger partial charge >= 0.3 is 0 Å². The second-order valence-corrected chi connectivity index (χ2v) is 8.92. The molecule has 4 rings (SSSR count). The molecule has 3 aromatic rings. The number of halogens is 1. The van der Waals surface area contributed by atoms with Crippen molar-refractivity contribution in [1.82, 2.24) is 9.71 Å². The number of carbonyl (C=O) groups is 1. The van der Waals surface area contributed by atoms with Crippen LogP contribution in [-0.4, -0.2) is 25.4 Å². The molecule has 1 heterocycles. The van der Waals surface area contributed by atoms with E-state index in [0.717, 1.165) is 28.2 Å². The van der Waals surface area contributed by atoms with Crippen molar-refractivity contribution in [1.29, 1.82) is 0 Å². The Morgan fingerprint density at radius 2 is 1.92 bits per heavy atom. The van der Waals surface area contributed by atoms with Crippen LogP contribution in [0.4, 0.5) is 5.69 Å². The van der Waals surface area contributed by atoms with Gasteiger partial charge in [0.1, 0.15) is 5.69 Å². The van der Waals surface area contributed by atoms with E-state index >= 15 is 0 Å². The lowest BCUT2D eigenvalue weighted by molar-refractivity contribution is 0.102. The Balaban J connectivity index is 1.56. The first-order chi connectivity index (χ1) is 12.4. The van der Waals surface area contributed by atoms with Crippen LogP contribution in [0.25, 0.3) is 10.9 Å². The summed E-state index contributed by atoms with van der Waals surface area (Å²) in [5, 5.41) is 3.65. The molecule has 0 spiro atoms. The maximum atomic E-state index is 12.5. The molecular weight excluding hydrogens is 418 g/mol. The van der Waals surface area contributed by atoms with Crippen LogP contribution >= 0.6 is 15.9 Å². The standard InChI is InChI=1S/C18H16BrN3O3S/c19-12-4-7-16-11(8-12)9-17(21-16)18(23)20-14-2-1-3-15(10-14)26(24,25)22-13-5-6-13/h1-4,7-10,13,21-22H,5-6H2,(H,20,23). The number of sulfonamides is 1. The first-order valence-electron chi connectivity index (χ1n) is 8.13. The molecule has 0 unspecified atom stereocenters. The summed E-state index contributed by atoms with van der Waals surface area (Å²) in [6.07, 6.45) is 1.73. The Kier molecular flexibility index (Phi) is 4.34. The third-order valence-electron chi connectivity index (χ3n) is 4.13. The number of H-pyrrole nitrogens is 1. The highest BCUT2D eigenvalue weighted by atomic mass is 79.9. The third kappa shape index (κ3) is 3.67. The van der Waals surface area contributed by atoms with E-state index in [0.29, 0.717) is 11.4 Å². The summed E-state index contributed by atoms with van der Waals surface area (Å²) in [6.45, 7) is 0. The van der Waals surface area contributed by atoms with Gasteiger partial charge in [-0.25, -0.2) is 13.1 Å². The van der Waals surface area contributed by atoms with Crippen LogP contribution in [0, 0.1) is 0 Å². The third-order valence-corrected chi connectivity index (χ3v) is 6.14. The zero-order chi connectivity index (χ0) is 18.3. The largest absolute Gasteiger partial charge is 0.351 e. The van der Waals surface area contributed by atoms with Crippen molar-refractivity contribution in [3.63, 3.8) is 0 Å². The summed E-state index contributed by atoms with van der Waals surface area (Å²) >= 11 is 3.40. The summed E-state index contributed by atoms with van der Waals surface area (Å²) in [6, 6.07) is 13.7. The second-order valence-electron chi connectivity index (χ2n) is 6.29. The molecule has 1 saturated carbocycles. The minimum Gasteiger partial charge on any atom is -0.351 e. The van der Waals surface area contributed by atoms with Gasteiger partial charge in [0.25, 0.3) is 5.91 Å². The second kappa shape index (κ2) is 6.53. The van der Waals surface area contributed by atoms with Crippen LogP contribution in [0.5, 0.6) is 0 Å². The van der Waals surface area contributed by atoms with E-state index < -0.39 is 10.0 Å². The topological polar surface area (TPSA) is 91.1 Å². The Morgan fingerprint density at radius 3 is 2.69 bits per heavy atom. The number of amides is 1. The number of fused-ring (bicyclic) bond motifs is 1. The predicted molar refractivity (Wildman–Crippen MR) is 104 cm³/mol. The minimum absolute atomic E-state index is 0.0314. The maximum Gasteiger partial charge on any atom is 0.272 e. The van der Waals surface area contributed by atoms with E-state index in [1.807, 2.05) is 18.2 Å². The van der Waals surface area contributed by atoms with Gasteiger partial charge in [-0.15, -0.1) is 0 Å². The lowest BCUT2D eigenvalue weighted by Gasteiger charge is -2.08. The fourth-order valence-corrected chi connectivity index (χ4v) is 4.38. The first-order valence-corrected chi connectivity index (χ1v) is 10.4. The van der Waals surface area contributed by atoms with E-state index in [9.17, 15) is 13.2 Å². The van der Waals surface area contributed by atoms with E-state index in [4.69, 9.17) is 0 Å². The summed E-state index contributed by atoms with van der Waals surface area (Å²) in [7, 11) is -3.56. The zero-order valence-corrected chi connectivity index (χ0v) is 16.0. The van der Waals surface area contributed by atoms with Gasteiger partial charge in [0.05, 0.1) is 4.90 Å². The van der Waals surface area contributed by atoms with Gasteiger partial charge in [-0.1, -0.05) is 22.0 Å². The molecule has 26 heavy (non-hydrogen) atoms. The molecule has 1 aliphatic rings. The molecule has 0 saturated heterocycles. The van der Waals surface area contributed by atoms with Crippen LogP contribution in [0.1, 0.15) is 23.3 Å². The lowest BCUT2D eigenvalue weighted by Crippen LogP contribution is -2.25. The van der Waals surface area contributed by atoms with Gasteiger partial charge in [0.15, 0.2) is 0 Å². The van der Waals surface area contributed by atoms with Crippen molar-refractivity contribution in [3.8, 4) is 0 Å². The van der Waals surface area contributed by atoms with E-state index in [1.165, 1.54) is 12.1 Å². The molecule has 0 atom stereocenters. The Morgan fingerprint density at radius 1 is 1.12 bits per heavy atom. The molecule has 8 heteroatoms. The van der Waals surface area contributed by atoms with Gasteiger partial charge in [-0.3, -0.25) is 4.79 Å². The Bertz CT molecular complexity index is 1100. The van der Waals surface area contributed by atoms with Crippen LogP contribution < -0.4 is 10.0 Å². The molecule has 3 N–H and O–H groups in total. The van der Waals surface area contributed by atoms with Gasteiger partial charge < -0.3 is 10.3 Å². The summed E-state index contributed by atoms with van der Waals surface area (Å²) < 4.78 is 28.2. The van der Waals surface area contributed by atoms with Crippen molar-refractivity contribution in [2.75, 3.05) is 5.32 Å². The number of nitrogens with one attached hydrogen (secondary N) is 3. The fourth-order valence-electron chi connectivity index (χ4n) is 2.65. The molecule has 1 amide bonds. The van der Waals surface area contributed by atoms with Crippen molar-refractivity contribution in [3.05, 3.63) is 58.7 Å². The predicted octanol–water partition coefficient (Wildman–Crippen LogP) is 3.62. The molecule has 0 aliphatic heterocycles. The first kappa shape index (κ1) is 17.3. The summed E-state index contributed by atoms with van der Waals surface area (Å²) in [5.41, 5.74) is 1.68. The number of hydrogen-bond acceptors (Lipinski definition) is 3. The molecule has 1 aliphatic carbocycles. The van der Waals surface area contributed by atoms with E-state index in [1.54, 1.807) is 18.2 Å². The molecule has 2 aromatic carbocycles. The van der Waals surface area contributed by atoms with Crippen molar-refractivity contribution in [2.24, 2.45) is 0 Å². The van der Waals surface area contributed by atoms with Crippen LogP contribution in [0.15, 0.2) is 57.9 Å². The Hall–Kier alpha value is -2.16. The molecule has 6 nitrogen and oxygen atoms in total. The van der Waals surface area contributed by atoms with Gasteiger partial charge in [-0.05, 0) is 55.3 Å². The van der Waals surface area contributed by atoms with Crippen molar-refractivity contribution < 1.29 is 13.2 Å².